The quantitative estimate of drug-likeness (QED) is 0.439. The van der Waals surface area contributed by atoms with Gasteiger partial charge in [0.25, 0.3) is 0 Å². The highest BCUT2D eigenvalue weighted by Crippen LogP contribution is 2.33. The average molecular weight is 401 g/mol. The molecule has 0 saturated carbocycles. The molecule has 0 spiro atoms. The van der Waals surface area contributed by atoms with Gasteiger partial charge in [-0.15, -0.1) is 11.3 Å². The van der Waals surface area contributed by atoms with E-state index in [-0.39, 0.29) is 11.7 Å². The van der Waals surface area contributed by atoms with E-state index in [1.165, 1.54) is 23.5 Å². The number of hydrogen-bond donors (Lipinski definition) is 1. The molecular formula is C23H16FN3OS. The number of para-hydroxylation sites is 1. The number of hydrogen-bond acceptors (Lipinski definition) is 4. The molecule has 142 valence electrons. The molecule has 0 aliphatic rings. The minimum atomic E-state index is -0.310. The van der Waals surface area contributed by atoms with Gasteiger partial charge in [-0.1, -0.05) is 36.4 Å². The van der Waals surface area contributed by atoms with Crippen LogP contribution in [0.25, 0.3) is 27.9 Å². The molecular weight excluding hydrogens is 385 g/mol. The molecule has 4 aromatic rings. The number of carbonyl (C=O) groups excluding carboxylic acids is 1. The first-order valence-electron chi connectivity index (χ1n) is 8.89. The highest BCUT2D eigenvalue weighted by Gasteiger charge is 2.13. The largest absolute Gasteiger partial charge is 0.322 e. The van der Waals surface area contributed by atoms with Gasteiger partial charge in [0.05, 0.1) is 11.4 Å². The van der Waals surface area contributed by atoms with Crippen LogP contribution < -0.4 is 5.32 Å². The normalized spacial score (nSPS) is 10.9. The Morgan fingerprint density at radius 3 is 2.59 bits per heavy atom. The van der Waals surface area contributed by atoms with Crippen molar-refractivity contribution < 1.29 is 9.18 Å². The van der Waals surface area contributed by atoms with Gasteiger partial charge >= 0.3 is 0 Å². The van der Waals surface area contributed by atoms with E-state index >= 15 is 0 Å². The second-order valence-electron chi connectivity index (χ2n) is 6.17. The molecule has 2 heterocycles. The van der Waals surface area contributed by atoms with E-state index in [0.29, 0.717) is 22.0 Å². The summed E-state index contributed by atoms with van der Waals surface area (Å²) in [5.74, 6) is -0.568. The number of rotatable bonds is 5. The topological polar surface area (TPSA) is 54.9 Å². The maximum absolute atomic E-state index is 14.1. The number of thiazole rings is 1. The Morgan fingerprint density at radius 1 is 1.00 bits per heavy atom. The van der Waals surface area contributed by atoms with Crippen molar-refractivity contribution in [1.82, 2.24) is 9.97 Å². The SMILES string of the molecule is O=C(C=Cc1cccnc1)Nc1ccccc1-c1csc(-c2ccccc2F)n1. The maximum atomic E-state index is 14.1. The number of benzene rings is 2. The Balaban J connectivity index is 1.57. The second-order valence-corrected chi connectivity index (χ2v) is 7.03. The summed E-state index contributed by atoms with van der Waals surface area (Å²) in [6, 6.07) is 17.6. The molecule has 0 fully saturated rings. The fourth-order valence-electron chi connectivity index (χ4n) is 2.79. The lowest BCUT2D eigenvalue weighted by molar-refractivity contribution is -0.111. The number of nitrogens with one attached hydrogen (secondary N) is 1. The van der Waals surface area contributed by atoms with Crippen LogP contribution in [0.15, 0.2) is 84.5 Å². The van der Waals surface area contributed by atoms with Crippen molar-refractivity contribution in [2.24, 2.45) is 0 Å². The smallest absolute Gasteiger partial charge is 0.248 e. The Morgan fingerprint density at radius 2 is 1.79 bits per heavy atom. The molecule has 2 aromatic carbocycles. The lowest BCUT2D eigenvalue weighted by atomic mass is 10.1. The minimum Gasteiger partial charge on any atom is -0.322 e. The summed E-state index contributed by atoms with van der Waals surface area (Å²) in [6.45, 7) is 0. The first kappa shape index (κ1) is 18.7. The van der Waals surface area contributed by atoms with Crippen LogP contribution in [0.4, 0.5) is 10.1 Å². The van der Waals surface area contributed by atoms with Crippen LogP contribution in [-0.2, 0) is 4.79 Å². The van der Waals surface area contributed by atoms with Gasteiger partial charge in [0, 0.05) is 35.0 Å². The summed E-state index contributed by atoms with van der Waals surface area (Å²) in [7, 11) is 0. The van der Waals surface area contributed by atoms with Crippen molar-refractivity contribution in [3.8, 4) is 21.8 Å². The van der Waals surface area contributed by atoms with Crippen molar-refractivity contribution in [3.63, 3.8) is 0 Å². The number of aromatic nitrogens is 2. The molecule has 4 nitrogen and oxygen atoms in total. The number of carbonyl (C=O) groups is 1. The van der Waals surface area contributed by atoms with Gasteiger partial charge < -0.3 is 5.32 Å². The molecule has 0 aliphatic carbocycles. The fraction of sp³-hybridized carbons (Fsp3) is 0. The molecule has 2 aromatic heterocycles. The van der Waals surface area contributed by atoms with Gasteiger partial charge in [-0.3, -0.25) is 9.78 Å². The van der Waals surface area contributed by atoms with E-state index in [9.17, 15) is 9.18 Å². The van der Waals surface area contributed by atoms with Crippen LogP contribution in [0.3, 0.4) is 0 Å². The number of amides is 1. The molecule has 0 bridgehead atoms. The molecule has 0 unspecified atom stereocenters. The van der Waals surface area contributed by atoms with Gasteiger partial charge in [-0.2, -0.15) is 0 Å². The lowest BCUT2D eigenvalue weighted by Crippen LogP contribution is -2.08. The summed E-state index contributed by atoms with van der Waals surface area (Å²) in [4.78, 5) is 20.9. The molecule has 0 aliphatic heterocycles. The van der Waals surface area contributed by atoms with Crippen molar-refractivity contribution >= 4 is 29.0 Å². The third-order valence-corrected chi connectivity index (χ3v) is 5.06. The van der Waals surface area contributed by atoms with Gasteiger partial charge in [0.15, 0.2) is 0 Å². The summed E-state index contributed by atoms with van der Waals surface area (Å²) in [5.41, 5.74) is 3.39. The zero-order valence-electron chi connectivity index (χ0n) is 15.2. The van der Waals surface area contributed by atoms with E-state index in [0.717, 1.165) is 11.1 Å². The van der Waals surface area contributed by atoms with Crippen LogP contribution in [0.1, 0.15) is 5.56 Å². The molecule has 1 N–H and O–H groups in total. The predicted molar refractivity (Wildman–Crippen MR) is 115 cm³/mol. The summed E-state index contributed by atoms with van der Waals surface area (Å²) < 4.78 is 14.1. The van der Waals surface area contributed by atoms with Crippen LogP contribution >= 0.6 is 11.3 Å². The summed E-state index contributed by atoms with van der Waals surface area (Å²) in [6.07, 6.45) is 6.51. The highest BCUT2D eigenvalue weighted by atomic mass is 32.1. The van der Waals surface area contributed by atoms with Crippen molar-refractivity contribution in [2.45, 2.75) is 0 Å². The van der Waals surface area contributed by atoms with Crippen molar-refractivity contribution in [2.75, 3.05) is 5.32 Å². The third-order valence-electron chi connectivity index (χ3n) is 4.18. The minimum absolute atomic E-state index is 0.258. The molecule has 0 atom stereocenters. The van der Waals surface area contributed by atoms with Crippen molar-refractivity contribution in [1.29, 1.82) is 0 Å². The van der Waals surface area contributed by atoms with Crippen LogP contribution in [0.5, 0.6) is 0 Å². The van der Waals surface area contributed by atoms with E-state index in [4.69, 9.17) is 0 Å². The molecule has 6 heteroatoms. The van der Waals surface area contributed by atoms with Gasteiger partial charge in [-0.05, 0) is 35.9 Å². The number of anilines is 1. The zero-order chi connectivity index (χ0) is 20.1. The van der Waals surface area contributed by atoms with Crippen molar-refractivity contribution in [3.05, 3.63) is 95.9 Å². The average Bonchev–Trinajstić information content (AvgIpc) is 3.23. The Labute approximate surface area is 171 Å². The van der Waals surface area contributed by atoms with Crippen LogP contribution in [0, 0.1) is 5.82 Å². The molecule has 4 rings (SSSR count). The number of pyridine rings is 1. The Kier molecular flexibility index (Phi) is 5.54. The van der Waals surface area contributed by atoms with Crippen LogP contribution in [-0.4, -0.2) is 15.9 Å². The summed E-state index contributed by atoms with van der Waals surface area (Å²) in [5, 5.41) is 5.34. The van der Waals surface area contributed by atoms with E-state index < -0.39 is 0 Å². The monoisotopic (exact) mass is 401 g/mol. The Bertz CT molecular complexity index is 1170. The van der Waals surface area contributed by atoms with Gasteiger partial charge in [0.1, 0.15) is 10.8 Å². The van der Waals surface area contributed by atoms with Crippen LogP contribution in [0.2, 0.25) is 0 Å². The first-order chi connectivity index (χ1) is 14.2. The molecule has 0 radical (unpaired) electrons. The number of nitrogens with zero attached hydrogens (tertiary/aromatic N) is 2. The second kappa shape index (κ2) is 8.58. The lowest BCUT2D eigenvalue weighted by Gasteiger charge is -2.08. The molecule has 29 heavy (non-hydrogen) atoms. The summed E-state index contributed by atoms with van der Waals surface area (Å²) >= 11 is 1.36. The molecule has 0 saturated heterocycles. The van der Waals surface area contributed by atoms with E-state index in [2.05, 4.69) is 15.3 Å². The fourth-order valence-corrected chi connectivity index (χ4v) is 3.64. The highest BCUT2D eigenvalue weighted by molar-refractivity contribution is 7.13. The predicted octanol–water partition coefficient (Wildman–Crippen LogP) is 5.66. The standard InChI is InChI=1S/C23H16FN3OS/c24-19-9-3-1-7-17(19)23-27-21(15-29-23)18-8-2-4-10-20(18)26-22(28)12-11-16-6-5-13-25-14-16/h1-15H,(H,26,28). The van der Waals surface area contributed by atoms with E-state index in [1.54, 1.807) is 36.7 Å². The number of halogens is 1. The molecule has 1 amide bonds. The zero-order valence-corrected chi connectivity index (χ0v) is 16.1. The first-order valence-corrected chi connectivity index (χ1v) is 9.77. The van der Waals surface area contributed by atoms with Gasteiger partial charge in [-0.25, -0.2) is 9.37 Å². The maximum Gasteiger partial charge on any atom is 0.248 e. The third kappa shape index (κ3) is 4.44. The Hall–Kier alpha value is -3.64. The van der Waals surface area contributed by atoms with Gasteiger partial charge in [0.2, 0.25) is 5.91 Å². The van der Waals surface area contributed by atoms with E-state index in [1.807, 2.05) is 41.8 Å².